The lowest BCUT2D eigenvalue weighted by atomic mass is 10.0. The topological polar surface area (TPSA) is 0 Å². The van der Waals surface area contributed by atoms with Crippen LogP contribution < -0.4 is 0 Å². The van der Waals surface area contributed by atoms with Gasteiger partial charge in [0.25, 0.3) is 0 Å². The van der Waals surface area contributed by atoms with Gasteiger partial charge in [0.05, 0.1) is 0 Å². The maximum Gasteiger partial charge on any atom is 0.0150 e. The molecule has 90 valence electrons. The molecular formula is C15H24S. The van der Waals surface area contributed by atoms with Gasteiger partial charge < -0.3 is 0 Å². The first-order valence-corrected chi connectivity index (χ1v) is 7.05. The van der Waals surface area contributed by atoms with Crippen LogP contribution in [-0.2, 0) is 0 Å². The number of hydrogen-bond donors (Lipinski definition) is 0. The van der Waals surface area contributed by atoms with Gasteiger partial charge in [-0.2, -0.15) is 0 Å². The molecule has 0 saturated heterocycles. The van der Waals surface area contributed by atoms with Gasteiger partial charge in [0.2, 0.25) is 0 Å². The number of benzene rings is 1. The predicted octanol–water partition coefficient (Wildman–Crippen LogP) is 5.38. The Morgan fingerprint density at radius 3 is 2.31 bits per heavy atom. The molecular weight excluding hydrogens is 212 g/mol. The SMILES string of the molecule is CC(C)CCCC(C)(C)Sc1ccccc1. The smallest absolute Gasteiger partial charge is 0.0150 e. The molecule has 0 saturated carbocycles. The van der Waals surface area contributed by atoms with Crippen molar-refractivity contribution in [3.8, 4) is 0 Å². The van der Waals surface area contributed by atoms with Crippen LogP contribution in [-0.4, -0.2) is 4.75 Å². The largest absolute Gasteiger partial charge is 0.120 e. The highest BCUT2D eigenvalue weighted by atomic mass is 32.2. The summed E-state index contributed by atoms with van der Waals surface area (Å²) in [5, 5.41) is 0. The zero-order valence-corrected chi connectivity index (χ0v) is 11.8. The Morgan fingerprint density at radius 1 is 1.12 bits per heavy atom. The van der Waals surface area contributed by atoms with Gasteiger partial charge in [0, 0.05) is 9.64 Å². The predicted molar refractivity (Wildman–Crippen MR) is 75.1 cm³/mol. The van der Waals surface area contributed by atoms with Crippen molar-refractivity contribution in [2.75, 3.05) is 0 Å². The molecule has 1 heteroatoms. The minimum Gasteiger partial charge on any atom is -0.120 e. The lowest BCUT2D eigenvalue weighted by molar-refractivity contribution is 0.501. The average Bonchev–Trinajstić information content (AvgIpc) is 2.17. The highest BCUT2D eigenvalue weighted by molar-refractivity contribution is 8.00. The van der Waals surface area contributed by atoms with Crippen molar-refractivity contribution < 1.29 is 0 Å². The average molecular weight is 236 g/mol. The Balaban J connectivity index is 2.39. The van der Waals surface area contributed by atoms with Crippen LogP contribution in [0.3, 0.4) is 0 Å². The lowest BCUT2D eigenvalue weighted by Crippen LogP contribution is -2.14. The summed E-state index contributed by atoms with van der Waals surface area (Å²) >= 11 is 2.00. The third-order valence-corrected chi connectivity index (χ3v) is 3.96. The van der Waals surface area contributed by atoms with E-state index in [1.165, 1.54) is 24.2 Å². The summed E-state index contributed by atoms with van der Waals surface area (Å²) in [5.41, 5.74) is 0. The molecule has 0 radical (unpaired) electrons. The van der Waals surface area contributed by atoms with Crippen molar-refractivity contribution in [2.24, 2.45) is 5.92 Å². The summed E-state index contributed by atoms with van der Waals surface area (Å²) in [6.07, 6.45) is 3.98. The molecule has 0 spiro atoms. The summed E-state index contributed by atoms with van der Waals surface area (Å²) in [4.78, 5) is 1.39. The van der Waals surface area contributed by atoms with E-state index < -0.39 is 0 Å². The zero-order valence-electron chi connectivity index (χ0n) is 11.0. The first kappa shape index (κ1) is 13.6. The second kappa shape index (κ2) is 6.34. The Morgan fingerprint density at radius 2 is 1.75 bits per heavy atom. The van der Waals surface area contributed by atoms with Gasteiger partial charge >= 0.3 is 0 Å². The molecule has 0 aliphatic heterocycles. The zero-order chi connectivity index (χ0) is 12.0. The molecule has 0 fully saturated rings. The van der Waals surface area contributed by atoms with Crippen LogP contribution in [0.1, 0.15) is 47.0 Å². The van der Waals surface area contributed by atoms with Crippen molar-refractivity contribution in [3.63, 3.8) is 0 Å². The quantitative estimate of drug-likeness (QED) is 0.597. The second-order valence-corrected chi connectivity index (χ2v) is 7.24. The highest BCUT2D eigenvalue weighted by Gasteiger charge is 2.18. The second-order valence-electron chi connectivity index (χ2n) is 5.46. The molecule has 0 amide bonds. The summed E-state index contributed by atoms with van der Waals surface area (Å²) in [5.74, 6) is 0.831. The summed E-state index contributed by atoms with van der Waals surface area (Å²) in [6, 6.07) is 10.7. The van der Waals surface area contributed by atoms with Crippen LogP contribution in [0, 0.1) is 5.92 Å². The van der Waals surface area contributed by atoms with E-state index in [4.69, 9.17) is 0 Å². The molecule has 0 atom stereocenters. The van der Waals surface area contributed by atoms with Gasteiger partial charge in [-0.1, -0.05) is 58.7 Å². The number of rotatable bonds is 6. The van der Waals surface area contributed by atoms with E-state index in [1.54, 1.807) is 0 Å². The Bertz CT molecular complexity index is 288. The maximum atomic E-state index is 2.35. The molecule has 1 aromatic rings. The van der Waals surface area contributed by atoms with E-state index in [-0.39, 0.29) is 0 Å². The third kappa shape index (κ3) is 5.60. The van der Waals surface area contributed by atoms with Crippen LogP contribution >= 0.6 is 11.8 Å². The number of hydrogen-bond acceptors (Lipinski definition) is 1. The van der Waals surface area contributed by atoms with Crippen molar-refractivity contribution in [3.05, 3.63) is 30.3 Å². The van der Waals surface area contributed by atoms with Crippen molar-refractivity contribution in [1.29, 1.82) is 0 Å². The molecule has 0 nitrogen and oxygen atoms in total. The molecule has 1 rings (SSSR count). The number of thioether (sulfide) groups is 1. The Labute approximate surface area is 105 Å². The molecule has 0 aliphatic rings. The molecule has 0 aromatic heterocycles. The summed E-state index contributed by atoms with van der Waals surface area (Å²) in [6.45, 7) is 9.31. The fraction of sp³-hybridized carbons (Fsp3) is 0.600. The van der Waals surface area contributed by atoms with E-state index in [1.807, 2.05) is 11.8 Å². The van der Waals surface area contributed by atoms with Crippen LogP contribution in [0.15, 0.2) is 35.2 Å². The monoisotopic (exact) mass is 236 g/mol. The minimum atomic E-state index is 0.357. The van der Waals surface area contributed by atoms with Gasteiger partial charge in [-0.3, -0.25) is 0 Å². The normalized spacial score (nSPS) is 12.1. The van der Waals surface area contributed by atoms with Gasteiger partial charge in [-0.05, 0) is 24.5 Å². The van der Waals surface area contributed by atoms with E-state index in [2.05, 4.69) is 58.0 Å². The fourth-order valence-electron chi connectivity index (χ4n) is 1.79. The van der Waals surface area contributed by atoms with Crippen LogP contribution in [0.4, 0.5) is 0 Å². The lowest BCUT2D eigenvalue weighted by Gasteiger charge is -2.24. The molecule has 16 heavy (non-hydrogen) atoms. The maximum absolute atomic E-state index is 2.35. The molecule has 0 unspecified atom stereocenters. The van der Waals surface area contributed by atoms with Gasteiger partial charge in [-0.15, -0.1) is 11.8 Å². The first-order valence-electron chi connectivity index (χ1n) is 6.24. The van der Waals surface area contributed by atoms with Crippen LogP contribution in [0.5, 0.6) is 0 Å². The van der Waals surface area contributed by atoms with E-state index in [0.29, 0.717) is 4.75 Å². The standard InChI is InChI=1S/C15H24S/c1-13(2)9-8-12-15(3,4)16-14-10-6-5-7-11-14/h5-7,10-11,13H,8-9,12H2,1-4H3. The highest BCUT2D eigenvalue weighted by Crippen LogP contribution is 2.36. The Hall–Kier alpha value is -0.430. The van der Waals surface area contributed by atoms with Gasteiger partial charge in [-0.25, -0.2) is 0 Å². The molecule has 1 aromatic carbocycles. The summed E-state index contributed by atoms with van der Waals surface area (Å²) < 4.78 is 0.357. The first-order chi connectivity index (χ1) is 7.49. The molecule has 0 bridgehead atoms. The Kier molecular flexibility index (Phi) is 5.40. The van der Waals surface area contributed by atoms with Crippen LogP contribution in [0.2, 0.25) is 0 Å². The third-order valence-electron chi connectivity index (χ3n) is 2.70. The molecule has 0 aliphatic carbocycles. The van der Waals surface area contributed by atoms with Crippen molar-refractivity contribution >= 4 is 11.8 Å². The van der Waals surface area contributed by atoms with Crippen molar-refractivity contribution in [1.82, 2.24) is 0 Å². The van der Waals surface area contributed by atoms with E-state index in [9.17, 15) is 0 Å². The van der Waals surface area contributed by atoms with Gasteiger partial charge in [0.1, 0.15) is 0 Å². The van der Waals surface area contributed by atoms with Gasteiger partial charge in [0.15, 0.2) is 0 Å². The molecule has 0 N–H and O–H groups in total. The summed E-state index contributed by atoms with van der Waals surface area (Å²) in [7, 11) is 0. The van der Waals surface area contributed by atoms with Crippen LogP contribution in [0.25, 0.3) is 0 Å². The van der Waals surface area contributed by atoms with Crippen molar-refractivity contribution in [2.45, 2.75) is 56.6 Å². The fourth-order valence-corrected chi connectivity index (χ4v) is 2.97. The van der Waals surface area contributed by atoms with E-state index in [0.717, 1.165) is 5.92 Å². The molecule has 0 heterocycles. The van der Waals surface area contributed by atoms with E-state index >= 15 is 0 Å². The minimum absolute atomic E-state index is 0.357.